The van der Waals surface area contributed by atoms with Gasteiger partial charge in [-0.3, -0.25) is 4.68 Å². The molecule has 0 aliphatic rings. The van der Waals surface area contributed by atoms with Gasteiger partial charge in [0.1, 0.15) is 23.7 Å². The Morgan fingerprint density at radius 1 is 0.780 bits per heavy atom. The van der Waals surface area contributed by atoms with Gasteiger partial charge < -0.3 is 4.74 Å². The monoisotopic (exact) mass is 612 g/mol. The second-order valence-electron chi connectivity index (χ2n) is 9.06. The van der Waals surface area contributed by atoms with Crippen molar-refractivity contribution in [1.82, 2.24) is 9.78 Å². The average Bonchev–Trinajstić information content (AvgIpc) is 3.26. The van der Waals surface area contributed by atoms with Crippen molar-refractivity contribution in [2.45, 2.75) is 25.5 Å². The van der Waals surface area contributed by atoms with E-state index in [0.29, 0.717) is 5.56 Å². The van der Waals surface area contributed by atoms with Gasteiger partial charge in [-0.25, -0.2) is 4.39 Å². The highest BCUT2D eigenvalue weighted by Crippen LogP contribution is 2.39. The van der Waals surface area contributed by atoms with Crippen LogP contribution < -0.4 is 4.74 Å². The van der Waals surface area contributed by atoms with E-state index in [1.165, 1.54) is 41.1 Å². The maximum atomic E-state index is 14.6. The Morgan fingerprint density at radius 2 is 1.54 bits per heavy atom. The third-order valence-electron chi connectivity index (χ3n) is 6.29. The summed E-state index contributed by atoms with van der Waals surface area (Å²) in [5.74, 6) is -0.448. The zero-order chi connectivity index (χ0) is 29.5. The molecular formula is C29H17Cl2F7N2O. The van der Waals surface area contributed by atoms with Gasteiger partial charge in [0.15, 0.2) is 0 Å². The molecule has 0 atom stereocenters. The van der Waals surface area contributed by atoms with Gasteiger partial charge in [-0.05, 0) is 48.5 Å². The minimum absolute atomic E-state index is 0.0721. The number of nitrogens with zero attached hydrogens (tertiary/aromatic N) is 2. The third-order valence-corrected chi connectivity index (χ3v) is 6.89. The molecule has 0 aliphatic heterocycles. The number of hydrogen-bond acceptors (Lipinski definition) is 2. The Bertz CT molecular complexity index is 1750. The summed E-state index contributed by atoms with van der Waals surface area (Å²) >= 11 is 11.9. The maximum Gasteiger partial charge on any atom is 0.418 e. The summed E-state index contributed by atoms with van der Waals surface area (Å²) in [6, 6.07) is 16.7. The minimum atomic E-state index is -4.70. The molecule has 212 valence electrons. The van der Waals surface area contributed by atoms with Gasteiger partial charge in [0.25, 0.3) is 0 Å². The van der Waals surface area contributed by atoms with Crippen LogP contribution in [-0.4, -0.2) is 9.78 Å². The van der Waals surface area contributed by atoms with E-state index in [1.54, 1.807) is 12.1 Å². The summed E-state index contributed by atoms with van der Waals surface area (Å²) in [6.45, 7) is -0.518. The van der Waals surface area contributed by atoms with Crippen LogP contribution in [-0.2, 0) is 25.5 Å². The quantitative estimate of drug-likeness (QED) is 0.178. The lowest BCUT2D eigenvalue weighted by Crippen LogP contribution is -2.07. The maximum absolute atomic E-state index is 14.6. The van der Waals surface area contributed by atoms with E-state index in [-0.39, 0.29) is 56.7 Å². The first kappa shape index (κ1) is 28.8. The van der Waals surface area contributed by atoms with Crippen molar-refractivity contribution in [2.75, 3.05) is 0 Å². The molecule has 0 saturated heterocycles. The molecule has 0 aliphatic carbocycles. The molecule has 12 heteroatoms. The molecule has 3 nitrogen and oxygen atoms in total. The highest BCUT2D eigenvalue weighted by molar-refractivity contribution is 6.31. The largest absolute Gasteiger partial charge is 0.489 e. The fraction of sp³-hybridized carbons (Fsp3) is 0.138. The molecule has 1 aromatic heterocycles. The van der Waals surface area contributed by atoms with Crippen LogP contribution in [0.1, 0.15) is 22.3 Å². The van der Waals surface area contributed by atoms with Crippen LogP contribution in [0.5, 0.6) is 5.75 Å². The van der Waals surface area contributed by atoms with Crippen LogP contribution in [0.2, 0.25) is 10.0 Å². The fourth-order valence-electron chi connectivity index (χ4n) is 4.37. The van der Waals surface area contributed by atoms with Gasteiger partial charge in [-0.1, -0.05) is 53.5 Å². The number of fused-ring (bicyclic) bond motifs is 1. The Kier molecular flexibility index (Phi) is 7.65. The van der Waals surface area contributed by atoms with Crippen molar-refractivity contribution in [3.8, 4) is 17.0 Å². The molecule has 0 fully saturated rings. The fourth-order valence-corrected chi connectivity index (χ4v) is 4.70. The number of alkyl halides is 6. The molecule has 0 amide bonds. The van der Waals surface area contributed by atoms with Crippen molar-refractivity contribution < 1.29 is 35.5 Å². The van der Waals surface area contributed by atoms with E-state index in [4.69, 9.17) is 27.9 Å². The molecule has 4 aromatic carbocycles. The highest BCUT2D eigenvalue weighted by Gasteiger charge is 2.35. The lowest BCUT2D eigenvalue weighted by Gasteiger charge is -2.13. The molecule has 0 N–H and O–H groups in total. The normalized spacial score (nSPS) is 12.2. The molecule has 0 bridgehead atoms. The summed E-state index contributed by atoms with van der Waals surface area (Å²) in [7, 11) is 0. The van der Waals surface area contributed by atoms with Crippen LogP contribution in [0, 0.1) is 5.82 Å². The molecule has 0 radical (unpaired) electrons. The van der Waals surface area contributed by atoms with Gasteiger partial charge in [0, 0.05) is 32.1 Å². The van der Waals surface area contributed by atoms with Crippen LogP contribution in [0.25, 0.3) is 22.2 Å². The molecule has 41 heavy (non-hydrogen) atoms. The van der Waals surface area contributed by atoms with Crippen molar-refractivity contribution in [2.24, 2.45) is 0 Å². The molecule has 0 saturated carbocycles. The van der Waals surface area contributed by atoms with Crippen molar-refractivity contribution >= 4 is 34.1 Å². The second-order valence-corrected chi connectivity index (χ2v) is 9.91. The first-order valence-corrected chi connectivity index (χ1v) is 12.7. The lowest BCUT2D eigenvalue weighted by molar-refractivity contribution is -0.138. The minimum Gasteiger partial charge on any atom is -0.489 e. The summed E-state index contributed by atoms with van der Waals surface area (Å²) in [6.07, 6.45) is -9.27. The molecule has 1 heterocycles. The Morgan fingerprint density at radius 3 is 2.24 bits per heavy atom. The number of aromatic nitrogens is 2. The van der Waals surface area contributed by atoms with Crippen LogP contribution in [0.4, 0.5) is 30.7 Å². The van der Waals surface area contributed by atoms with Crippen LogP contribution >= 0.6 is 23.2 Å². The number of benzene rings is 4. The van der Waals surface area contributed by atoms with E-state index in [9.17, 15) is 30.7 Å². The number of hydrogen-bond donors (Lipinski definition) is 0. The smallest absolute Gasteiger partial charge is 0.418 e. The standard InChI is InChI=1S/C29H17Cl2F7N2O/c30-20-9-7-17(25(32)13-20)14-40-27(22-5-2-6-23(26(22)39-40)29(36,37)38)16-3-1-4-21(12-16)41-15-18-11-19(28(33,34)35)8-10-24(18)31/h1-13H,14-15H2. The van der Waals surface area contributed by atoms with Crippen LogP contribution in [0.15, 0.2) is 78.9 Å². The van der Waals surface area contributed by atoms with Crippen molar-refractivity contribution in [1.29, 1.82) is 0 Å². The zero-order valence-electron chi connectivity index (χ0n) is 20.6. The van der Waals surface area contributed by atoms with E-state index in [1.807, 2.05) is 0 Å². The molecule has 5 aromatic rings. The summed E-state index contributed by atoms with van der Waals surface area (Å²) < 4.78 is 103. The number of rotatable bonds is 6. The van der Waals surface area contributed by atoms with E-state index >= 15 is 0 Å². The Balaban J connectivity index is 1.56. The zero-order valence-corrected chi connectivity index (χ0v) is 22.1. The Labute approximate surface area is 238 Å². The predicted octanol–water partition coefficient (Wildman–Crippen LogP) is 9.81. The summed E-state index contributed by atoms with van der Waals surface area (Å²) in [4.78, 5) is 0. The topological polar surface area (TPSA) is 27.1 Å². The average molecular weight is 613 g/mol. The SMILES string of the molecule is Fc1cc(Cl)ccc1Cn1nc2c(C(F)(F)F)cccc2c1-c1cccc(OCc2cc(C(F)(F)F)ccc2Cl)c1. The van der Waals surface area contributed by atoms with Crippen LogP contribution in [0.3, 0.4) is 0 Å². The first-order valence-electron chi connectivity index (χ1n) is 11.9. The van der Waals surface area contributed by atoms with Crippen molar-refractivity contribution in [3.05, 3.63) is 117 Å². The van der Waals surface area contributed by atoms with E-state index in [2.05, 4.69) is 5.10 Å². The summed E-state index contributed by atoms with van der Waals surface area (Å²) in [5.41, 5.74) is -1.31. The van der Waals surface area contributed by atoms with Gasteiger partial charge in [-0.2, -0.15) is 31.4 Å². The van der Waals surface area contributed by atoms with E-state index in [0.717, 1.165) is 30.3 Å². The summed E-state index contributed by atoms with van der Waals surface area (Å²) in [5, 5.41) is 4.60. The van der Waals surface area contributed by atoms with E-state index < -0.39 is 29.3 Å². The van der Waals surface area contributed by atoms with Gasteiger partial charge in [0.05, 0.1) is 23.4 Å². The highest BCUT2D eigenvalue weighted by atomic mass is 35.5. The van der Waals surface area contributed by atoms with Gasteiger partial charge in [-0.15, -0.1) is 0 Å². The predicted molar refractivity (Wildman–Crippen MR) is 141 cm³/mol. The van der Waals surface area contributed by atoms with Crippen molar-refractivity contribution in [3.63, 3.8) is 0 Å². The number of ether oxygens (including phenoxy) is 1. The molecule has 5 rings (SSSR count). The Hall–Kier alpha value is -3.76. The second kappa shape index (κ2) is 10.9. The lowest BCUT2D eigenvalue weighted by atomic mass is 10.0. The third kappa shape index (κ3) is 6.13. The molecule has 0 spiro atoms. The van der Waals surface area contributed by atoms with Gasteiger partial charge >= 0.3 is 12.4 Å². The first-order chi connectivity index (χ1) is 19.3. The number of halogens is 9. The van der Waals surface area contributed by atoms with Gasteiger partial charge in [0.2, 0.25) is 0 Å². The molecular weight excluding hydrogens is 596 g/mol. The molecule has 0 unspecified atom stereocenters.